The van der Waals surface area contributed by atoms with Crippen LogP contribution in [-0.2, 0) is 4.74 Å². The van der Waals surface area contributed by atoms with Gasteiger partial charge in [0.1, 0.15) is 0 Å². The molecule has 0 amide bonds. The standard InChI is InChI=1S/C4H7O.3C2H5.Sn/c1-3-5-4-2;3*1-2;/h1,3H,4H2,2H3;3*1H2,2H3;. The molecule has 0 saturated carbocycles. The first-order valence-electron chi connectivity index (χ1n) is 5.04. The van der Waals surface area contributed by atoms with Crippen LogP contribution in [0.3, 0.4) is 0 Å². The first kappa shape index (κ1) is 12.3. The second-order valence-corrected chi connectivity index (χ2v) is 18.0. The van der Waals surface area contributed by atoms with Crippen LogP contribution < -0.4 is 0 Å². The molecule has 0 aromatic heterocycles. The Morgan fingerprint density at radius 3 is 1.83 bits per heavy atom. The van der Waals surface area contributed by atoms with Gasteiger partial charge in [-0.1, -0.05) is 0 Å². The molecule has 2 heteroatoms. The molecule has 0 fully saturated rings. The van der Waals surface area contributed by atoms with Gasteiger partial charge in [0.05, 0.1) is 0 Å². The Hall–Kier alpha value is 0.339. The molecule has 0 radical (unpaired) electrons. The van der Waals surface area contributed by atoms with Crippen LogP contribution in [0, 0.1) is 0 Å². The van der Waals surface area contributed by atoms with Crippen LogP contribution in [0.2, 0.25) is 13.3 Å². The molecule has 0 spiro atoms. The van der Waals surface area contributed by atoms with E-state index >= 15 is 0 Å². The normalized spacial score (nSPS) is 12.3. The maximum atomic E-state index is 5.27. The van der Waals surface area contributed by atoms with Gasteiger partial charge in [-0.15, -0.1) is 0 Å². The van der Waals surface area contributed by atoms with Gasteiger partial charge in [-0.2, -0.15) is 0 Å². The molecule has 0 aliphatic carbocycles. The van der Waals surface area contributed by atoms with E-state index in [2.05, 4.69) is 24.9 Å². The van der Waals surface area contributed by atoms with E-state index in [1.165, 1.54) is 13.3 Å². The average Bonchev–Trinajstić information content (AvgIpc) is 2.14. The summed E-state index contributed by atoms with van der Waals surface area (Å²) in [6, 6.07) is 0. The molecule has 0 aliphatic rings. The molecule has 0 rings (SSSR count). The Labute approximate surface area is 81.1 Å². The zero-order valence-corrected chi connectivity index (χ0v) is 11.7. The Bertz CT molecular complexity index is 120. The molecule has 0 atom stereocenters. The van der Waals surface area contributed by atoms with Gasteiger partial charge in [0.2, 0.25) is 0 Å². The van der Waals surface area contributed by atoms with Gasteiger partial charge in [0.25, 0.3) is 0 Å². The van der Waals surface area contributed by atoms with Crippen LogP contribution in [0.1, 0.15) is 27.7 Å². The first-order chi connectivity index (χ1) is 5.74. The maximum absolute atomic E-state index is 5.27. The first-order valence-corrected chi connectivity index (χ1v) is 12.7. The molecule has 12 heavy (non-hydrogen) atoms. The molecule has 0 unspecified atom stereocenters. The fourth-order valence-electron chi connectivity index (χ4n) is 1.39. The van der Waals surface area contributed by atoms with Gasteiger partial charge < -0.3 is 0 Å². The van der Waals surface area contributed by atoms with E-state index in [1.807, 2.05) is 13.2 Å². The third kappa shape index (κ3) is 3.83. The Balaban J connectivity index is 4.09. The molecule has 0 aromatic carbocycles. The fraction of sp³-hybridized carbons (Fsp3) is 0.800. The van der Waals surface area contributed by atoms with E-state index < -0.39 is 18.4 Å². The molecule has 0 saturated heterocycles. The van der Waals surface area contributed by atoms with Gasteiger partial charge in [-0.05, 0) is 0 Å². The van der Waals surface area contributed by atoms with Crippen molar-refractivity contribution in [2.75, 3.05) is 6.61 Å². The topological polar surface area (TPSA) is 9.23 Å². The molecular weight excluding hydrogens is 255 g/mol. The van der Waals surface area contributed by atoms with Crippen molar-refractivity contribution in [3.8, 4) is 0 Å². The van der Waals surface area contributed by atoms with Crippen molar-refractivity contribution in [2.24, 2.45) is 0 Å². The molecular formula is C10H22OSn. The zero-order valence-electron chi connectivity index (χ0n) is 8.89. The molecule has 0 aliphatic heterocycles. The van der Waals surface area contributed by atoms with E-state index in [0.29, 0.717) is 0 Å². The predicted molar refractivity (Wildman–Crippen MR) is 58.0 cm³/mol. The van der Waals surface area contributed by atoms with E-state index in [-0.39, 0.29) is 0 Å². The average molecular weight is 277 g/mol. The van der Waals surface area contributed by atoms with E-state index in [1.54, 1.807) is 0 Å². The second-order valence-electron chi connectivity index (χ2n) is 3.18. The second kappa shape index (κ2) is 6.81. The van der Waals surface area contributed by atoms with E-state index in [0.717, 1.165) is 6.61 Å². The van der Waals surface area contributed by atoms with Gasteiger partial charge in [-0.3, -0.25) is 0 Å². The van der Waals surface area contributed by atoms with Crippen LogP contribution >= 0.6 is 0 Å². The van der Waals surface area contributed by atoms with E-state index in [4.69, 9.17) is 4.74 Å². The molecule has 72 valence electrons. The van der Waals surface area contributed by atoms with Crippen molar-refractivity contribution < 1.29 is 4.74 Å². The van der Waals surface area contributed by atoms with Gasteiger partial charge in [-0.25, -0.2) is 0 Å². The molecule has 0 N–H and O–H groups in total. The van der Waals surface area contributed by atoms with E-state index in [9.17, 15) is 0 Å². The summed E-state index contributed by atoms with van der Waals surface area (Å²) < 4.78 is 11.9. The minimum atomic E-state index is -1.79. The summed E-state index contributed by atoms with van der Waals surface area (Å²) in [6.45, 7) is 9.83. The van der Waals surface area contributed by atoms with Crippen molar-refractivity contribution in [1.82, 2.24) is 0 Å². The van der Waals surface area contributed by atoms with Gasteiger partial charge in [0, 0.05) is 0 Å². The van der Waals surface area contributed by atoms with Crippen LogP contribution in [0.4, 0.5) is 0 Å². The van der Waals surface area contributed by atoms with Crippen LogP contribution in [0.25, 0.3) is 0 Å². The van der Waals surface area contributed by atoms with Crippen molar-refractivity contribution in [3.05, 3.63) is 10.4 Å². The Morgan fingerprint density at radius 1 is 1.00 bits per heavy atom. The quantitative estimate of drug-likeness (QED) is 0.532. The Kier molecular flexibility index (Phi) is 7.00. The van der Waals surface area contributed by atoms with Crippen molar-refractivity contribution >= 4 is 18.4 Å². The third-order valence-corrected chi connectivity index (χ3v) is 17.3. The van der Waals surface area contributed by atoms with Crippen molar-refractivity contribution in [2.45, 2.75) is 41.0 Å². The number of hydrogen-bond acceptors (Lipinski definition) is 1. The van der Waals surface area contributed by atoms with Crippen molar-refractivity contribution in [1.29, 1.82) is 0 Å². The van der Waals surface area contributed by atoms with Crippen LogP contribution in [0.5, 0.6) is 0 Å². The Morgan fingerprint density at radius 2 is 1.50 bits per heavy atom. The predicted octanol–water partition coefficient (Wildman–Crippen LogP) is 3.58. The number of hydrogen-bond donors (Lipinski definition) is 0. The molecule has 0 bridgehead atoms. The molecule has 0 heterocycles. The molecule has 1 nitrogen and oxygen atoms in total. The minimum absolute atomic E-state index is 0.801. The van der Waals surface area contributed by atoms with Crippen LogP contribution in [-0.4, -0.2) is 25.0 Å². The van der Waals surface area contributed by atoms with Crippen LogP contribution in [0.15, 0.2) is 10.4 Å². The third-order valence-electron chi connectivity index (χ3n) is 2.80. The number of ether oxygens (including phenoxy) is 1. The summed E-state index contributed by atoms with van der Waals surface area (Å²) in [5, 5.41) is 0. The number of rotatable bonds is 6. The van der Waals surface area contributed by atoms with Crippen molar-refractivity contribution in [3.63, 3.8) is 0 Å². The summed E-state index contributed by atoms with van der Waals surface area (Å²) in [6.07, 6.45) is 1.95. The summed E-state index contributed by atoms with van der Waals surface area (Å²) >= 11 is -1.79. The summed E-state index contributed by atoms with van der Waals surface area (Å²) in [7, 11) is 0. The molecule has 0 aromatic rings. The SMILES string of the molecule is CCOC=[CH][Sn]([CH2]C)([CH2]C)[CH2]C. The van der Waals surface area contributed by atoms with Gasteiger partial charge in [0.15, 0.2) is 0 Å². The summed E-state index contributed by atoms with van der Waals surface area (Å²) in [5.41, 5.74) is 0. The monoisotopic (exact) mass is 278 g/mol. The fourth-order valence-corrected chi connectivity index (χ4v) is 8.79. The summed E-state index contributed by atoms with van der Waals surface area (Å²) in [4.78, 5) is 0. The van der Waals surface area contributed by atoms with Gasteiger partial charge >= 0.3 is 81.1 Å². The summed E-state index contributed by atoms with van der Waals surface area (Å²) in [5.74, 6) is 0. The zero-order chi connectivity index (χ0) is 9.45.